The van der Waals surface area contributed by atoms with E-state index in [1.807, 2.05) is 6.07 Å². The molecule has 4 heteroatoms. The molecule has 0 fully saturated rings. The summed E-state index contributed by atoms with van der Waals surface area (Å²) < 4.78 is 8.00. The number of rotatable bonds is 0. The predicted octanol–water partition coefficient (Wildman–Crippen LogP) is 4.26. The first-order valence-electron chi connectivity index (χ1n) is 5.28. The van der Waals surface area contributed by atoms with Crippen molar-refractivity contribution in [1.29, 1.82) is 0 Å². The van der Waals surface area contributed by atoms with Crippen LogP contribution in [-0.2, 0) is 6.42 Å². The van der Waals surface area contributed by atoms with Gasteiger partial charge in [0, 0.05) is 5.39 Å². The van der Waals surface area contributed by atoms with E-state index in [4.69, 9.17) is 4.74 Å². The standard InChI is InChI=1S/C12H11Br2NO/c1-6-4-7-10-9(15-12(7)14)3-2-8(13)11(10)16-5-6/h2-3,6,15H,4-5H2,1H3. The second kappa shape index (κ2) is 3.77. The van der Waals surface area contributed by atoms with Gasteiger partial charge in [-0.1, -0.05) is 6.92 Å². The van der Waals surface area contributed by atoms with Gasteiger partial charge in [0.05, 0.1) is 21.2 Å². The van der Waals surface area contributed by atoms with E-state index in [1.165, 1.54) is 10.9 Å². The van der Waals surface area contributed by atoms with E-state index in [1.54, 1.807) is 0 Å². The van der Waals surface area contributed by atoms with Gasteiger partial charge in [-0.25, -0.2) is 0 Å². The topological polar surface area (TPSA) is 25.0 Å². The van der Waals surface area contributed by atoms with Crippen LogP contribution in [0.4, 0.5) is 0 Å². The summed E-state index contributed by atoms with van der Waals surface area (Å²) in [6, 6.07) is 4.11. The van der Waals surface area contributed by atoms with E-state index in [0.29, 0.717) is 5.92 Å². The Bertz CT molecular complexity index is 562. The molecule has 1 atom stereocenters. The minimum Gasteiger partial charge on any atom is -0.491 e. The summed E-state index contributed by atoms with van der Waals surface area (Å²) in [7, 11) is 0. The molecule has 0 spiro atoms. The van der Waals surface area contributed by atoms with Crippen molar-refractivity contribution in [2.45, 2.75) is 13.3 Å². The number of benzene rings is 1. The molecule has 2 heterocycles. The van der Waals surface area contributed by atoms with Gasteiger partial charge in [-0.2, -0.15) is 0 Å². The highest BCUT2D eigenvalue weighted by molar-refractivity contribution is 9.10. The maximum atomic E-state index is 5.89. The van der Waals surface area contributed by atoms with Gasteiger partial charge in [0.1, 0.15) is 5.75 Å². The van der Waals surface area contributed by atoms with Crippen LogP contribution in [0.3, 0.4) is 0 Å². The minimum atomic E-state index is 0.537. The summed E-state index contributed by atoms with van der Waals surface area (Å²) in [5, 5.41) is 1.21. The SMILES string of the molecule is CC1COc2c(Br)ccc3[nH]c(Br)c(c23)C1. The van der Waals surface area contributed by atoms with E-state index >= 15 is 0 Å². The molecule has 84 valence electrons. The fourth-order valence-electron chi connectivity index (χ4n) is 2.23. The maximum absolute atomic E-state index is 5.89. The molecule has 0 amide bonds. The lowest BCUT2D eigenvalue weighted by molar-refractivity contribution is 0.266. The third-order valence-electron chi connectivity index (χ3n) is 2.99. The first-order chi connectivity index (χ1) is 7.66. The normalized spacial score (nSPS) is 19.6. The molecule has 1 aliphatic rings. The van der Waals surface area contributed by atoms with Crippen LogP contribution in [0.1, 0.15) is 12.5 Å². The number of aromatic nitrogens is 1. The molecule has 1 N–H and O–H groups in total. The Kier molecular flexibility index (Phi) is 2.51. The van der Waals surface area contributed by atoms with Crippen molar-refractivity contribution in [3.63, 3.8) is 0 Å². The maximum Gasteiger partial charge on any atom is 0.143 e. The highest BCUT2D eigenvalue weighted by Crippen LogP contribution is 2.41. The molecular formula is C12H11Br2NO. The molecule has 0 aliphatic carbocycles. The van der Waals surface area contributed by atoms with Gasteiger partial charge in [-0.3, -0.25) is 0 Å². The molecular weight excluding hydrogens is 334 g/mol. The molecule has 2 aromatic rings. The molecule has 1 unspecified atom stereocenters. The monoisotopic (exact) mass is 343 g/mol. The van der Waals surface area contributed by atoms with Gasteiger partial charge in [-0.15, -0.1) is 0 Å². The number of aromatic amines is 1. The van der Waals surface area contributed by atoms with Crippen LogP contribution >= 0.6 is 31.9 Å². The van der Waals surface area contributed by atoms with Crippen LogP contribution in [0, 0.1) is 5.92 Å². The van der Waals surface area contributed by atoms with Crippen LogP contribution in [0.25, 0.3) is 10.9 Å². The zero-order valence-corrected chi connectivity index (χ0v) is 12.0. The summed E-state index contributed by atoms with van der Waals surface area (Å²) >= 11 is 7.15. The lowest BCUT2D eigenvalue weighted by atomic mass is 10.0. The Labute approximate surface area is 111 Å². The first kappa shape index (κ1) is 10.7. The average Bonchev–Trinajstić information content (AvgIpc) is 2.46. The van der Waals surface area contributed by atoms with E-state index in [0.717, 1.165) is 33.4 Å². The number of hydrogen-bond acceptors (Lipinski definition) is 1. The molecule has 3 rings (SSSR count). The summed E-state index contributed by atoms with van der Waals surface area (Å²) in [6.45, 7) is 2.99. The Morgan fingerprint density at radius 1 is 1.38 bits per heavy atom. The Hall–Kier alpha value is -0.480. The van der Waals surface area contributed by atoms with Crippen molar-refractivity contribution in [3.8, 4) is 5.75 Å². The lowest BCUT2D eigenvalue weighted by Crippen LogP contribution is -2.08. The van der Waals surface area contributed by atoms with Gasteiger partial charge in [-0.05, 0) is 61.9 Å². The van der Waals surface area contributed by atoms with Crippen molar-refractivity contribution in [2.24, 2.45) is 5.92 Å². The number of nitrogens with one attached hydrogen (secondary N) is 1. The van der Waals surface area contributed by atoms with Crippen LogP contribution in [0.5, 0.6) is 5.75 Å². The summed E-state index contributed by atoms with van der Waals surface area (Å²) in [6.07, 6.45) is 1.05. The third kappa shape index (κ3) is 1.51. The van der Waals surface area contributed by atoms with E-state index in [-0.39, 0.29) is 0 Å². The van der Waals surface area contributed by atoms with Gasteiger partial charge < -0.3 is 9.72 Å². The summed E-state index contributed by atoms with van der Waals surface area (Å²) in [4.78, 5) is 3.35. The average molecular weight is 345 g/mol. The van der Waals surface area contributed by atoms with Crippen molar-refractivity contribution in [3.05, 3.63) is 26.8 Å². The molecule has 0 radical (unpaired) electrons. The van der Waals surface area contributed by atoms with Crippen LogP contribution < -0.4 is 4.74 Å². The smallest absolute Gasteiger partial charge is 0.143 e. The van der Waals surface area contributed by atoms with Crippen molar-refractivity contribution >= 4 is 42.8 Å². The van der Waals surface area contributed by atoms with E-state index in [9.17, 15) is 0 Å². The van der Waals surface area contributed by atoms with Crippen molar-refractivity contribution < 1.29 is 4.74 Å². The molecule has 1 aromatic carbocycles. The third-order valence-corrected chi connectivity index (χ3v) is 4.29. The highest BCUT2D eigenvalue weighted by atomic mass is 79.9. The molecule has 1 aromatic heterocycles. The van der Waals surface area contributed by atoms with Gasteiger partial charge in [0.15, 0.2) is 0 Å². The van der Waals surface area contributed by atoms with Crippen LogP contribution in [0.15, 0.2) is 21.2 Å². The number of halogens is 2. The molecule has 0 saturated carbocycles. The molecule has 16 heavy (non-hydrogen) atoms. The second-order valence-corrected chi connectivity index (χ2v) is 5.98. The number of H-pyrrole nitrogens is 1. The Morgan fingerprint density at radius 2 is 2.19 bits per heavy atom. The first-order valence-corrected chi connectivity index (χ1v) is 6.86. The largest absolute Gasteiger partial charge is 0.491 e. The van der Waals surface area contributed by atoms with E-state index < -0.39 is 0 Å². The number of ether oxygens (including phenoxy) is 1. The van der Waals surface area contributed by atoms with Crippen LogP contribution in [0.2, 0.25) is 0 Å². The van der Waals surface area contributed by atoms with Crippen molar-refractivity contribution in [1.82, 2.24) is 4.98 Å². The fourth-order valence-corrected chi connectivity index (χ4v) is 3.25. The summed E-state index contributed by atoms with van der Waals surface area (Å²) in [5.41, 5.74) is 2.46. The van der Waals surface area contributed by atoms with E-state index in [2.05, 4.69) is 49.8 Å². The molecule has 2 nitrogen and oxygen atoms in total. The quantitative estimate of drug-likeness (QED) is 0.758. The predicted molar refractivity (Wildman–Crippen MR) is 72.1 cm³/mol. The molecule has 0 saturated heterocycles. The zero-order chi connectivity index (χ0) is 11.3. The van der Waals surface area contributed by atoms with Gasteiger partial charge in [0.2, 0.25) is 0 Å². The summed E-state index contributed by atoms with van der Waals surface area (Å²) in [5.74, 6) is 1.51. The van der Waals surface area contributed by atoms with Gasteiger partial charge >= 0.3 is 0 Å². The van der Waals surface area contributed by atoms with Crippen molar-refractivity contribution in [2.75, 3.05) is 6.61 Å². The Morgan fingerprint density at radius 3 is 3.00 bits per heavy atom. The minimum absolute atomic E-state index is 0.537. The molecule has 1 aliphatic heterocycles. The second-order valence-electron chi connectivity index (χ2n) is 4.34. The number of hydrogen-bond donors (Lipinski definition) is 1. The highest BCUT2D eigenvalue weighted by Gasteiger charge is 2.22. The lowest BCUT2D eigenvalue weighted by Gasteiger charge is -2.09. The van der Waals surface area contributed by atoms with Gasteiger partial charge in [0.25, 0.3) is 0 Å². The fraction of sp³-hybridized carbons (Fsp3) is 0.333. The molecule has 0 bridgehead atoms. The zero-order valence-electron chi connectivity index (χ0n) is 8.81. The Balaban J connectivity index is 2.38. The van der Waals surface area contributed by atoms with Crippen LogP contribution in [-0.4, -0.2) is 11.6 Å².